The molecule has 0 atom stereocenters. The highest BCUT2D eigenvalue weighted by atomic mass is 16.5. The average Bonchev–Trinajstić information content (AvgIpc) is 2.84. The molecular weight excluding hydrogens is 412 g/mol. The standard InChI is InChI=1S/C27H32N4O2/c1-19-9-13-21(14-10-19)25-26(22-15-11-20(2)12-16-22)29-27-23(28-25)7-6-18-31(27)17-5-3-4-8-24(32)30-33/h9-16,33H,3-8,17-18H2,1-2H3,(H,30,32). The maximum absolute atomic E-state index is 11.2. The monoisotopic (exact) mass is 444 g/mol. The van der Waals surface area contributed by atoms with Crippen molar-refractivity contribution >= 4 is 11.7 Å². The largest absolute Gasteiger partial charge is 0.355 e. The highest BCUT2D eigenvalue weighted by molar-refractivity contribution is 5.80. The summed E-state index contributed by atoms with van der Waals surface area (Å²) in [4.78, 5) is 23.9. The number of hydrogen-bond acceptors (Lipinski definition) is 5. The van der Waals surface area contributed by atoms with E-state index < -0.39 is 0 Å². The van der Waals surface area contributed by atoms with E-state index in [-0.39, 0.29) is 5.91 Å². The van der Waals surface area contributed by atoms with Crippen LogP contribution >= 0.6 is 0 Å². The molecule has 3 aromatic rings. The van der Waals surface area contributed by atoms with Gasteiger partial charge in [-0.15, -0.1) is 0 Å². The first-order valence-corrected chi connectivity index (χ1v) is 11.8. The molecule has 6 nitrogen and oxygen atoms in total. The van der Waals surface area contributed by atoms with Gasteiger partial charge in [-0.3, -0.25) is 10.0 Å². The molecule has 2 aromatic carbocycles. The zero-order valence-corrected chi connectivity index (χ0v) is 19.5. The third-order valence-corrected chi connectivity index (χ3v) is 6.19. The number of amides is 1. The normalized spacial score (nSPS) is 13.0. The molecule has 0 bridgehead atoms. The van der Waals surface area contributed by atoms with Crippen LogP contribution in [0.2, 0.25) is 0 Å². The number of aromatic nitrogens is 2. The predicted octanol–water partition coefficient (Wildman–Crippen LogP) is 5.25. The molecule has 0 fully saturated rings. The fraction of sp³-hybridized carbons (Fsp3) is 0.370. The Morgan fingerprint density at radius 1 is 0.909 bits per heavy atom. The van der Waals surface area contributed by atoms with E-state index in [1.807, 2.05) is 0 Å². The van der Waals surface area contributed by atoms with Gasteiger partial charge in [-0.1, -0.05) is 66.1 Å². The molecule has 0 aliphatic carbocycles. The van der Waals surface area contributed by atoms with Crippen molar-refractivity contribution in [1.82, 2.24) is 15.4 Å². The van der Waals surface area contributed by atoms with Gasteiger partial charge in [0.2, 0.25) is 5.91 Å². The SMILES string of the molecule is Cc1ccc(-c2nc3c(nc2-c2ccc(C)cc2)N(CCCCCC(=O)NO)CCC3)cc1. The second kappa shape index (κ2) is 10.6. The number of nitrogens with one attached hydrogen (secondary N) is 1. The number of aryl methyl sites for hydroxylation is 3. The molecule has 172 valence electrons. The van der Waals surface area contributed by atoms with Crippen LogP contribution in [0, 0.1) is 13.8 Å². The topological polar surface area (TPSA) is 78.4 Å². The average molecular weight is 445 g/mol. The summed E-state index contributed by atoms with van der Waals surface area (Å²) in [7, 11) is 0. The number of unbranched alkanes of at least 4 members (excludes halogenated alkanes) is 2. The van der Waals surface area contributed by atoms with Crippen LogP contribution in [0.15, 0.2) is 48.5 Å². The van der Waals surface area contributed by atoms with Gasteiger partial charge in [0.05, 0.1) is 17.1 Å². The molecule has 1 aromatic heterocycles. The molecule has 33 heavy (non-hydrogen) atoms. The smallest absolute Gasteiger partial charge is 0.243 e. The first-order chi connectivity index (χ1) is 16.0. The minimum Gasteiger partial charge on any atom is -0.355 e. The van der Waals surface area contributed by atoms with E-state index in [9.17, 15) is 4.79 Å². The minimum atomic E-state index is -0.324. The van der Waals surface area contributed by atoms with Crippen molar-refractivity contribution in [1.29, 1.82) is 0 Å². The fourth-order valence-corrected chi connectivity index (χ4v) is 4.29. The third kappa shape index (κ3) is 5.57. The van der Waals surface area contributed by atoms with E-state index in [2.05, 4.69) is 67.3 Å². The van der Waals surface area contributed by atoms with Gasteiger partial charge in [-0.2, -0.15) is 0 Å². The number of carbonyl (C=O) groups excluding carboxylic acids is 1. The van der Waals surface area contributed by atoms with E-state index in [1.165, 1.54) is 11.1 Å². The van der Waals surface area contributed by atoms with E-state index in [0.29, 0.717) is 6.42 Å². The maximum atomic E-state index is 11.2. The van der Waals surface area contributed by atoms with Gasteiger partial charge < -0.3 is 4.90 Å². The van der Waals surface area contributed by atoms with Crippen LogP contribution in [0.1, 0.15) is 48.9 Å². The molecule has 0 saturated carbocycles. The third-order valence-electron chi connectivity index (χ3n) is 6.19. The van der Waals surface area contributed by atoms with Crippen LogP contribution in [-0.4, -0.2) is 34.2 Å². The lowest BCUT2D eigenvalue weighted by Gasteiger charge is -2.30. The number of carbonyl (C=O) groups is 1. The molecule has 2 heterocycles. The van der Waals surface area contributed by atoms with Gasteiger partial charge in [-0.25, -0.2) is 15.4 Å². The molecule has 0 spiro atoms. The molecule has 0 saturated heterocycles. The molecule has 0 radical (unpaired) electrons. The lowest BCUT2D eigenvalue weighted by molar-refractivity contribution is -0.129. The quantitative estimate of drug-likeness (QED) is 0.282. The van der Waals surface area contributed by atoms with Gasteiger partial charge >= 0.3 is 0 Å². The van der Waals surface area contributed by atoms with E-state index in [1.54, 1.807) is 5.48 Å². The highest BCUT2D eigenvalue weighted by Crippen LogP contribution is 2.35. The zero-order valence-electron chi connectivity index (χ0n) is 19.5. The van der Waals surface area contributed by atoms with Crippen molar-refractivity contribution in [2.24, 2.45) is 0 Å². The minimum absolute atomic E-state index is 0.324. The van der Waals surface area contributed by atoms with Crippen molar-refractivity contribution in [2.45, 2.75) is 52.4 Å². The van der Waals surface area contributed by atoms with Crippen LogP contribution in [-0.2, 0) is 11.2 Å². The number of benzene rings is 2. The van der Waals surface area contributed by atoms with Gasteiger partial charge in [0.1, 0.15) is 0 Å². The van der Waals surface area contributed by atoms with Gasteiger partial charge in [0, 0.05) is 30.6 Å². The Balaban J connectivity index is 1.63. The molecule has 4 rings (SSSR count). The van der Waals surface area contributed by atoms with Crippen molar-refractivity contribution in [3.8, 4) is 22.5 Å². The first kappa shape index (κ1) is 22.9. The van der Waals surface area contributed by atoms with Crippen LogP contribution < -0.4 is 10.4 Å². The molecule has 1 amide bonds. The summed E-state index contributed by atoms with van der Waals surface area (Å²) in [6.07, 6.45) is 5.01. The number of nitrogens with zero attached hydrogens (tertiary/aromatic N) is 3. The second-order valence-electron chi connectivity index (χ2n) is 8.86. The Morgan fingerprint density at radius 2 is 1.52 bits per heavy atom. The molecule has 0 unspecified atom stereocenters. The molecule has 1 aliphatic rings. The van der Waals surface area contributed by atoms with Crippen LogP contribution in [0.4, 0.5) is 5.82 Å². The summed E-state index contributed by atoms with van der Waals surface area (Å²) in [5.74, 6) is 0.663. The summed E-state index contributed by atoms with van der Waals surface area (Å²) >= 11 is 0. The zero-order chi connectivity index (χ0) is 23.2. The Morgan fingerprint density at radius 3 is 2.12 bits per heavy atom. The van der Waals surface area contributed by atoms with E-state index in [4.69, 9.17) is 15.2 Å². The molecule has 2 N–H and O–H groups in total. The summed E-state index contributed by atoms with van der Waals surface area (Å²) in [6.45, 7) is 6.04. The molecule has 6 heteroatoms. The molecular formula is C27H32N4O2. The number of hydroxylamine groups is 1. The second-order valence-corrected chi connectivity index (χ2v) is 8.86. The number of fused-ring (bicyclic) bond motifs is 1. The molecule has 1 aliphatic heterocycles. The Hall–Kier alpha value is -3.25. The Kier molecular flexibility index (Phi) is 7.35. The van der Waals surface area contributed by atoms with Crippen molar-refractivity contribution in [3.63, 3.8) is 0 Å². The lowest BCUT2D eigenvalue weighted by Crippen LogP contribution is -2.32. The predicted molar refractivity (Wildman–Crippen MR) is 131 cm³/mol. The van der Waals surface area contributed by atoms with Crippen molar-refractivity contribution < 1.29 is 10.0 Å². The first-order valence-electron chi connectivity index (χ1n) is 11.8. The van der Waals surface area contributed by atoms with Crippen molar-refractivity contribution in [3.05, 3.63) is 65.4 Å². The lowest BCUT2D eigenvalue weighted by atomic mass is 10.0. The number of rotatable bonds is 8. The summed E-state index contributed by atoms with van der Waals surface area (Å²) in [6, 6.07) is 17.0. The summed E-state index contributed by atoms with van der Waals surface area (Å²) < 4.78 is 0. The van der Waals surface area contributed by atoms with Crippen LogP contribution in [0.5, 0.6) is 0 Å². The fourth-order valence-electron chi connectivity index (χ4n) is 4.29. The summed E-state index contributed by atoms with van der Waals surface area (Å²) in [5, 5.41) is 8.63. The van der Waals surface area contributed by atoms with Crippen LogP contribution in [0.3, 0.4) is 0 Å². The van der Waals surface area contributed by atoms with E-state index in [0.717, 1.165) is 79.2 Å². The van der Waals surface area contributed by atoms with Gasteiger partial charge in [0.15, 0.2) is 5.82 Å². The van der Waals surface area contributed by atoms with Crippen LogP contribution in [0.25, 0.3) is 22.5 Å². The highest BCUT2D eigenvalue weighted by Gasteiger charge is 2.23. The van der Waals surface area contributed by atoms with Gasteiger partial charge in [-0.05, 0) is 39.5 Å². The number of anilines is 1. The Bertz CT molecular complexity index is 1090. The van der Waals surface area contributed by atoms with Gasteiger partial charge in [0.25, 0.3) is 0 Å². The number of hydrogen-bond donors (Lipinski definition) is 2. The summed E-state index contributed by atoms with van der Waals surface area (Å²) in [5.41, 5.74) is 9.23. The Labute approximate surface area is 195 Å². The van der Waals surface area contributed by atoms with Crippen molar-refractivity contribution in [2.75, 3.05) is 18.0 Å². The maximum Gasteiger partial charge on any atom is 0.243 e. The van der Waals surface area contributed by atoms with E-state index >= 15 is 0 Å².